The second-order valence-corrected chi connectivity index (χ2v) is 4.43. The number of aromatic carboxylic acids is 1. The first kappa shape index (κ1) is 14.7. The normalized spacial score (nSPS) is 11.7. The van der Waals surface area contributed by atoms with Crippen LogP contribution in [0.25, 0.3) is 0 Å². The molecular weight excluding hydrogens is 275 g/mol. The summed E-state index contributed by atoms with van der Waals surface area (Å²) >= 11 is 0. The minimum absolute atomic E-state index is 0.0774. The lowest BCUT2D eigenvalue weighted by Gasteiger charge is -2.15. The highest BCUT2D eigenvalue weighted by Gasteiger charge is 2.17. The Bertz CT molecular complexity index is 664. The second kappa shape index (κ2) is 6.17. The van der Waals surface area contributed by atoms with E-state index in [0.29, 0.717) is 5.56 Å². The van der Waals surface area contributed by atoms with Crippen molar-refractivity contribution in [2.24, 2.45) is 0 Å². The molecule has 0 aromatic heterocycles. The number of rotatable bonds is 4. The Balaban J connectivity index is 2.18. The van der Waals surface area contributed by atoms with Crippen LogP contribution >= 0.6 is 0 Å². The maximum Gasteiger partial charge on any atom is 0.339 e. The van der Waals surface area contributed by atoms with Crippen molar-refractivity contribution in [1.29, 1.82) is 0 Å². The van der Waals surface area contributed by atoms with Crippen LogP contribution in [0.5, 0.6) is 0 Å². The van der Waals surface area contributed by atoms with Crippen LogP contribution in [0.15, 0.2) is 48.5 Å². The molecule has 1 unspecified atom stereocenters. The predicted octanol–water partition coefficient (Wildman–Crippen LogP) is 2.11. The standard InChI is InChI=1S/C16H13FO4/c1-10(11-6-8-12(17)9-7-11)21-16(20)14-5-3-2-4-13(14)15(18)19/h2-10H,1H3,(H,18,19)/p-1. The van der Waals surface area contributed by atoms with Crippen LogP contribution in [0.4, 0.5) is 4.39 Å². The van der Waals surface area contributed by atoms with Crippen molar-refractivity contribution in [3.63, 3.8) is 0 Å². The van der Waals surface area contributed by atoms with Crippen molar-refractivity contribution in [2.75, 3.05) is 0 Å². The third kappa shape index (κ3) is 3.45. The number of esters is 1. The van der Waals surface area contributed by atoms with Gasteiger partial charge in [0.2, 0.25) is 0 Å². The van der Waals surface area contributed by atoms with Gasteiger partial charge in [-0.15, -0.1) is 0 Å². The Kier molecular flexibility index (Phi) is 4.33. The van der Waals surface area contributed by atoms with E-state index in [1.165, 1.54) is 48.5 Å². The van der Waals surface area contributed by atoms with Gasteiger partial charge in [-0.3, -0.25) is 0 Å². The fraction of sp³-hybridized carbons (Fsp3) is 0.125. The average Bonchev–Trinajstić information content (AvgIpc) is 2.47. The largest absolute Gasteiger partial charge is 0.545 e. The number of hydrogen-bond donors (Lipinski definition) is 0. The van der Waals surface area contributed by atoms with E-state index in [9.17, 15) is 19.1 Å². The second-order valence-electron chi connectivity index (χ2n) is 4.43. The smallest absolute Gasteiger partial charge is 0.339 e. The highest BCUT2D eigenvalue weighted by molar-refractivity contribution is 6.01. The first-order valence-electron chi connectivity index (χ1n) is 6.26. The number of benzene rings is 2. The Morgan fingerprint density at radius 3 is 2.19 bits per heavy atom. The molecular formula is C16H12FO4-. The zero-order chi connectivity index (χ0) is 15.4. The summed E-state index contributed by atoms with van der Waals surface area (Å²) in [4.78, 5) is 23.0. The zero-order valence-corrected chi connectivity index (χ0v) is 11.2. The summed E-state index contributed by atoms with van der Waals surface area (Å²) in [6, 6.07) is 11.2. The van der Waals surface area contributed by atoms with Crippen molar-refractivity contribution in [3.05, 3.63) is 71.0 Å². The molecule has 0 N–H and O–H groups in total. The van der Waals surface area contributed by atoms with Gasteiger partial charge in [0.15, 0.2) is 0 Å². The molecule has 0 bridgehead atoms. The van der Waals surface area contributed by atoms with Crippen molar-refractivity contribution < 1.29 is 23.8 Å². The van der Waals surface area contributed by atoms with E-state index in [4.69, 9.17) is 4.74 Å². The lowest BCUT2D eigenvalue weighted by Crippen LogP contribution is -2.25. The van der Waals surface area contributed by atoms with Gasteiger partial charge in [0.25, 0.3) is 0 Å². The van der Waals surface area contributed by atoms with E-state index < -0.39 is 18.0 Å². The molecule has 2 rings (SSSR count). The van der Waals surface area contributed by atoms with Gasteiger partial charge in [-0.05, 0) is 30.7 Å². The molecule has 0 saturated carbocycles. The molecule has 0 heterocycles. The average molecular weight is 287 g/mol. The van der Waals surface area contributed by atoms with Crippen molar-refractivity contribution in [1.82, 2.24) is 0 Å². The summed E-state index contributed by atoms with van der Waals surface area (Å²) in [5, 5.41) is 11.0. The highest BCUT2D eigenvalue weighted by atomic mass is 19.1. The van der Waals surface area contributed by atoms with Crippen LogP contribution in [0.1, 0.15) is 39.3 Å². The number of hydrogen-bond acceptors (Lipinski definition) is 4. The van der Waals surface area contributed by atoms with E-state index in [1.807, 2.05) is 0 Å². The van der Waals surface area contributed by atoms with E-state index >= 15 is 0 Å². The molecule has 4 nitrogen and oxygen atoms in total. The SMILES string of the molecule is CC(OC(=O)c1ccccc1C(=O)[O-])c1ccc(F)cc1. The summed E-state index contributed by atoms with van der Waals surface area (Å²) in [6.45, 7) is 1.62. The monoisotopic (exact) mass is 287 g/mol. The van der Waals surface area contributed by atoms with Gasteiger partial charge >= 0.3 is 5.97 Å². The molecule has 108 valence electrons. The van der Waals surface area contributed by atoms with E-state index in [2.05, 4.69) is 0 Å². The first-order chi connectivity index (χ1) is 9.99. The van der Waals surface area contributed by atoms with Gasteiger partial charge in [0, 0.05) is 5.56 Å². The Labute approximate surface area is 120 Å². The molecule has 21 heavy (non-hydrogen) atoms. The molecule has 0 saturated heterocycles. The Morgan fingerprint density at radius 1 is 1.05 bits per heavy atom. The summed E-state index contributed by atoms with van der Waals surface area (Å²) in [5.41, 5.74) is 0.302. The van der Waals surface area contributed by atoms with Crippen LogP contribution in [0.2, 0.25) is 0 Å². The minimum Gasteiger partial charge on any atom is -0.545 e. The summed E-state index contributed by atoms with van der Waals surface area (Å²) in [5.74, 6) is -2.61. The maximum atomic E-state index is 12.8. The molecule has 0 fully saturated rings. The molecule has 0 aliphatic heterocycles. The quantitative estimate of drug-likeness (QED) is 0.808. The number of carbonyl (C=O) groups excluding carboxylic acids is 2. The van der Waals surface area contributed by atoms with E-state index in [-0.39, 0.29) is 16.9 Å². The minimum atomic E-state index is -1.45. The number of ether oxygens (including phenoxy) is 1. The van der Waals surface area contributed by atoms with Crippen LogP contribution in [0.3, 0.4) is 0 Å². The number of halogens is 1. The predicted molar refractivity (Wildman–Crippen MR) is 71.0 cm³/mol. The lowest BCUT2D eigenvalue weighted by atomic mass is 10.1. The van der Waals surface area contributed by atoms with Gasteiger partial charge in [0.05, 0.1) is 11.5 Å². The molecule has 0 amide bonds. The van der Waals surface area contributed by atoms with Crippen molar-refractivity contribution in [3.8, 4) is 0 Å². The van der Waals surface area contributed by atoms with Gasteiger partial charge in [-0.25, -0.2) is 9.18 Å². The fourth-order valence-corrected chi connectivity index (χ4v) is 1.86. The molecule has 5 heteroatoms. The van der Waals surface area contributed by atoms with Crippen LogP contribution in [-0.2, 0) is 4.74 Å². The molecule has 0 aliphatic rings. The van der Waals surface area contributed by atoms with Gasteiger partial charge in [-0.1, -0.05) is 30.3 Å². The summed E-state index contributed by atoms with van der Waals surface area (Å²) < 4.78 is 18.0. The number of carboxylic acid groups (broad SMARTS) is 1. The highest BCUT2D eigenvalue weighted by Crippen LogP contribution is 2.20. The molecule has 0 radical (unpaired) electrons. The molecule has 2 aromatic carbocycles. The number of carbonyl (C=O) groups is 2. The van der Waals surface area contributed by atoms with Crippen molar-refractivity contribution >= 4 is 11.9 Å². The maximum absolute atomic E-state index is 12.8. The molecule has 2 aromatic rings. The van der Waals surface area contributed by atoms with Gasteiger partial charge in [0.1, 0.15) is 11.9 Å². The molecule has 0 spiro atoms. The third-order valence-corrected chi connectivity index (χ3v) is 2.99. The third-order valence-electron chi connectivity index (χ3n) is 2.99. The van der Waals surface area contributed by atoms with Crippen molar-refractivity contribution in [2.45, 2.75) is 13.0 Å². The van der Waals surface area contributed by atoms with Gasteiger partial charge < -0.3 is 14.6 Å². The zero-order valence-electron chi connectivity index (χ0n) is 11.2. The van der Waals surface area contributed by atoms with Crippen LogP contribution in [0, 0.1) is 5.82 Å². The Morgan fingerprint density at radius 2 is 1.62 bits per heavy atom. The fourth-order valence-electron chi connectivity index (χ4n) is 1.86. The summed E-state index contributed by atoms with van der Waals surface area (Å²) in [7, 11) is 0. The van der Waals surface area contributed by atoms with Crippen LogP contribution in [-0.4, -0.2) is 11.9 Å². The van der Waals surface area contributed by atoms with E-state index in [1.54, 1.807) is 6.92 Å². The molecule has 1 atom stereocenters. The first-order valence-corrected chi connectivity index (χ1v) is 6.26. The van der Waals surface area contributed by atoms with Crippen LogP contribution < -0.4 is 5.11 Å². The van der Waals surface area contributed by atoms with E-state index in [0.717, 1.165) is 0 Å². The lowest BCUT2D eigenvalue weighted by molar-refractivity contribution is -0.255. The topological polar surface area (TPSA) is 66.4 Å². The number of carboxylic acids is 1. The Hall–Kier alpha value is -2.69. The molecule has 0 aliphatic carbocycles. The summed E-state index contributed by atoms with van der Waals surface area (Å²) in [6.07, 6.45) is -0.632. The van der Waals surface area contributed by atoms with Gasteiger partial charge in [-0.2, -0.15) is 0 Å².